The molecular weight excluding hydrogens is 610 g/mol. The Morgan fingerprint density at radius 3 is 1.27 bits per heavy atom. The molecule has 0 aromatic rings. The number of aliphatic hydroxyl groups excluding tert-OH is 4. The maximum absolute atomic E-state index is 12.5. The summed E-state index contributed by atoms with van der Waals surface area (Å²) in [5.41, 5.74) is 0. The molecule has 0 aliphatic rings. The molecule has 0 fully saturated rings. The lowest BCUT2D eigenvalue weighted by Crippen LogP contribution is -2.46. The van der Waals surface area contributed by atoms with Crippen molar-refractivity contribution in [3.63, 3.8) is 0 Å². The van der Waals surface area contributed by atoms with Crippen LogP contribution in [0.4, 0.5) is 0 Å². The van der Waals surface area contributed by atoms with Gasteiger partial charge in [0.1, 0.15) is 6.10 Å². The van der Waals surface area contributed by atoms with Crippen LogP contribution < -0.4 is 5.32 Å². The van der Waals surface area contributed by atoms with Crippen molar-refractivity contribution in [2.24, 2.45) is 0 Å². The largest absolute Gasteiger partial charge is 0.394 e. The predicted molar refractivity (Wildman–Crippen MR) is 210 cm³/mol. The van der Waals surface area contributed by atoms with Crippen molar-refractivity contribution in [1.29, 1.82) is 0 Å². The number of allylic oxidation sites excluding steroid dienone is 2. The average Bonchev–Trinajstić information content (AvgIpc) is 3.10. The van der Waals surface area contributed by atoms with Gasteiger partial charge in [-0.25, -0.2) is 0 Å². The SMILES string of the molecule is CCCCCCCCCC=CCCC[C@@H](O)[C@@H](O)C[C@H](CO)NC(=O)[C@H](O)CCCCCCCCCCCCCCCCCCCCCC. The van der Waals surface area contributed by atoms with Crippen molar-refractivity contribution in [1.82, 2.24) is 5.32 Å². The van der Waals surface area contributed by atoms with Crippen LogP contribution in [-0.4, -0.2) is 57.3 Å². The summed E-state index contributed by atoms with van der Waals surface area (Å²) in [4.78, 5) is 12.5. The van der Waals surface area contributed by atoms with Gasteiger partial charge in [0, 0.05) is 0 Å². The second kappa shape index (κ2) is 38.3. The third kappa shape index (κ3) is 33.9. The van der Waals surface area contributed by atoms with Crippen molar-refractivity contribution in [3.05, 3.63) is 12.2 Å². The minimum absolute atomic E-state index is 0.0591. The highest BCUT2D eigenvalue weighted by atomic mass is 16.3. The lowest BCUT2D eigenvalue weighted by molar-refractivity contribution is -0.131. The molecule has 0 aliphatic heterocycles. The van der Waals surface area contributed by atoms with E-state index in [0.717, 1.165) is 38.5 Å². The summed E-state index contributed by atoms with van der Waals surface area (Å²) in [5, 5.41) is 43.5. The fourth-order valence-corrected chi connectivity index (χ4v) is 6.74. The van der Waals surface area contributed by atoms with Crippen LogP contribution in [0.2, 0.25) is 0 Å². The smallest absolute Gasteiger partial charge is 0.249 e. The Morgan fingerprint density at radius 1 is 0.490 bits per heavy atom. The van der Waals surface area contributed by atoms with Crippen LogP contribution in [0.15, 0.2) is 12.2 Å². The zero-order valence-corrected chi connectivity index (χ0v) is 32.7. The number of carbonyl (C=O) groups excluding carboxylic acids is 1. The number of hydrogen-bond donors (Lipinski definition) is 5. The lowest BCUT2D eigenvalue weighted by Gasteiger charge is -2.24. The lowest BCUT2D eigenvalue weighted by atomic mass is 10.00. The van der Waals surface area contributed by atoms with Gasteiger partial charge in [0.15, 0.2) is 0 Å². The van der Waals surface area contributed by atoms with Gasteiger partial charge in [-0.1, -0.05) is 193 Å². The summed E-state index contributed by atoms with van der Waals surface area (Å²) >= 11 is 0. The van der Waals surface area contributed by atoms with E-state index in [9.17, 15) is 25.2 Å². The minimum Gasteiger partial charge on any atom is -0.394 e. The van der Waals surface area contributed by atoms with Gasteiger partial charge < -0.3 is 25.7 Å². The molecule has 292 valence electrons. The first-order chi connectivity index (χ1) is 24.0. The summed E-state index contributed by atoms with van der Waals surface area (Å²) in [5.74, 6) is -0.510. The van der Waals surface area contributed by atoms with Gasteiger partial charge in [-0.05, 0) is 44.9 Å². The van der Waals surface area contributed by atoms with Crippen LogP contribution in [0, 0.1) is 0 Å². The Morgan fingerprint density at radius 2 is 0.857 bits per heavy atom. The van der Waals surface area contributed by atoms with Crippen molar-refractivity contribution in [3.8, 4) is 0 Å². The number of unbranched alkanes of at least 4 members (excludes halogenated alkanes) is 27. The number of aliphatic hydroxyl groups is 4. The Labute approximate surface area is 304 Å². The number of hydrogen-bond acceptors (Lipinski definition) is 5. The molecule has 0 heterocycles. The standard InChI is InChI=1S/C43H85NO5/c1-3-5-7-9-11-13-15-17-18-19-20-21-22-23-24-26-28-30-32-34-36-41(47)43(49)44-39(38-45)37-42(48)40(46)35-33-31-29-27-25-16-14-12-10-8-6-4-2/h27,29,39-42,45-48H,3-26,28,30-38H2,1-2H3,(H,44,49)/t39-,40-,41-,42+/m1/s1. The van der Waals surface area contributed by atoms with Gasteiger partial charge in [0.25, 0.3) is 0 Å². The van der Waals surface area contributed by atoms with E-state index in [1.807, 2.05) is 0 Å². The molecule has 0 saturated carbocycles. The molecule has 5 N–H and O–H groups in total. The molecule has 49 heavy (non-hydrogen) atoms. The number of carbonyl (C=O) groups is 1. The molecular formula is C43H85NO5. The fraction of sp³-hybridized carbons (Fsp3) is 0.930. The number of rotatable bonds is 39. The molecule has 4 atom stereocenters. The first-order valence-electron chi connectivity index (χ1n) is 21.6. The van der Waals surface area contributed by atoms with E-state index >= 15 is 0 Å². The summed E-state index contributed by atoms with van der Waals surface area (Å²) < 4.78 is 0. The van der Waals surface area contributed by atoms with Crippen molar-refractivity contribution in [2.75, 3.05) is 6.61 Å². The number of nitrogens with one attached hydrogen (secondary N) is 1. The number of amides is 1. The Kier molecular flexibility index (Phi) is 37.5. The first-order valence-corrected chi connectivity index (χ1v) is 21.6. The van der Waals surface area contributed by atoms with E-state index in [2.05, 4.69) is 31.3 Å². The topological polar surface area (TPSA) is 110 Å². The Balaban J connectivity index is 3.71. The highest BCUT2D eigenvalue weighted by Crippen LogP contribution is 2.16. The van der Waals surface area contributed by atoms with Crippen LogP contribution in [-0.2, 0) is 4.79 Å². The van der Waals surface area contributed by atoms with Crippen LogP contribution in [0.5, 0.6) is 0 Å². The van der Waals surface area contributed by atoms with Crippen molar-refractivity contribution >= 4 is 5.91 Å². The molecule has 0 unspecified atom stereocenters. The maximum Gasteiger partial charge on any atom is 0.249 e. The molecule has 6 heteroatoms. The monoisotopic (exact) mass is 696 g/mol. The molecule has 0 aromatic heterocycles. The third-order valence-electron chi connectivity index (χ3n) is 10.2. The minimum atomic E-state index is -1.11. The van der Waals surface area contributed by atoms with Gasteiger partial charge in [-0.2, -0.15) is 0 Å². The zero-order chi connectivity index (χ0) is 36.0. The van der Waals surface area contributed by atoms with Gasteiger partial charge in [0.05, 0.1) is 24.9 Å². The van der Waals surface area contributed by atoms with Crippen LogP contribution >= 0.6 is 0 Å². The molecule has 0 aliphatic carbocycles. The van der Waals surface area contributed by atoms with E-state index in [-0.39, 0.29) is 13.0 Å². The summed E-state index contributed by atoms with van der Waals surface area (Å²) in [6.07, 6.45) is 40.5. The molecule has 0 radical (unpaired) electrons. The highest BCUT2D eigenvalue weighted by molar-refractivity contribution is 5.80. The normalized spacial score (nSPS) is 14.3. The van der Waals surface area contributed by atoms with E-state index in [1.54, 1.807) is 0 Å². The third-order valence-corrected chi connectivity index (χ3v) is 10.2. The van der Waals surface area contributed by atoms with Gasteiger partial charge in [-0.3, -0.25) is 4.79 Å². The fourth-order valence-electron chi connectivity index (χ4n) is 6.74. The summed E-state index contributed by atoms with van der Waals surface area (Å²) in [6, 6.07) is -0.691. The van der Waals surface area contributed by atoms with E-state index in [1.165, 1.54) is 154 Å². The Bertz CT molecular complexity index is 702. The highest BCUT2D eigenvalue weighted by Gasteiger charge is 2.24. The van der Waals surface area contributed by atoms with E-state index < -0.39 is 30.3 Å². The average molecular weight is 696 g/mol. The molecule has 1 amide bonds. The van der Waals surface area contributed by atoms with Crippen molar-refractivity contribution < 1.29 is 25.2 Å². The molecule has 0 aromatic carbocycles. The van der Waals surface area contributed by atoms with E-state index in [0.29, 0.717) is 12.8 Å². The predicted octanol–water partition coefficient (Wildman–Crippen LogP) is 11.0. The zero-order valence-electron chi connectivity index (χ0n) is 32.7. The second-order valence-corrected chi connectivity index (χ2v) is 15.1. The summed E-state index contributed by atoms with van der Waals surface area (Å²) in [6.45, 7) is 4.18. The second-order valence-electron chi connectivity index (χ2n) is 15.1. The first kappa shape index (κ1) is 48.0. The van der Waals surface area contributed by atoms with E-state index in [4.69, 9.17) is 0 Å². The Hall–Kier alpha value is -0.950. The molecule has 0 bridgehead atoms. The van der Waals surface area contributed by atoms with Crippen LogP contribution in [0.25, 0.3) is 0 Å². The van der Waals surface area contributed by atoms with Gasteiger partial charge in [-0.15, -0.1) is 0 Å². The molecule has 0 spiro atoms. The quantitative estimate of drug-likeness (QED) is 0.0325. The molecule has 0 rings (SSSR count). The van der Waals surface area contributed by atoms with Gasteiger partial charge >= 0.3 is 0 Å². The van der Waals surface area contributed by atoms with Gasteiger partial charge in [0.2, 0.25) is 5.91 Å². The maximum atomic E-state index is 12.5. The van der Waals surface area contributed by atoms with Crippen molar-refractivity contribution in [2.45, 2.75) is 250 Å². The molecule has 6 nitrogen and oxygen atoms in total. The summed E-state index contributed by atoms with van der Waals surface area (Å²) in [7, 11) is 0. The molecule has 0 saturated heterocycles. The van der Waals surface area contributed by atoms with Crippen LogP contribution in [0.1, 0.15) is 226 Å². The van der Waals surface area contributed by atoms with Crippen LogP contribution in [0.3, 0.4) is 0 Å².